The number of pyridine rings is 1. The largest absolute Gasteiger partial charge is 0.382 e. The number of piperazine rings is 1. The molecule has 1 aliphatic rings. The topological polar surface area (TPSA) is 66.0 Å². The number of anilines is 2. The molecule has 0 amide bonds. The molecule has 2 aromatic heterocycles. The minimum absolute atomic E-state index is 0.306. The van der Waals surface area contributed by atoms with Crippen LogP contribution in [0.2, 0.25) is 0 Å². The van der Waals surface area contributed by atoms with Gasteiger partial charge in [-0.15, -0.1) is 0 Å². The normalized spacial score (nSPS) is 18.5. The summed E-state index contributed by atoms with van der Waals surface area (Å²) in [6.45, 7) is 3.58. The lowest BCUT2D eigenvalue weighted by molar-refractivity contribution is 0.481. The number of rotatable bonds is 4. The van der Waals surface area contributed by atoms with Crippen LogP contribution in [-0.4, -0.2) is 47.2 Å². The summed E-state index contributed by atoms with van der Waals surface area (Å²) in [6.07, 6.45) is 7.18. The molecule has 3 rings (SSSR count). The highest BCUT2D eigenvalue weighted by Crippen LogP contribution is 2.15. The number of nitrogens with zero attached hydrogens (tertiary/aromatic N) is 4. The zero-order chi connectivity index (χ0) is 14.5. The van der Waals surface area contributed by atoms with Gasteiger partial charge in [0, 0.05) is 51.0 Å². The van der Waals surface area contributed by atoms with Gasteiger partial charge in [0.2, 0.25) is 5.95 Å². The van der Waals surface area contributed by atoms with E-state index in [9.17, 15) is 0 Å². The Balaban J connectivity index is 1.68. The molecule has 1 atom stereocenters. The first-order chi connectivity index (χ1) is 10.3. The van der Waals surface area contributed by atoms with Crippen molar-refractivity contribution < 1.29 is 0 Å². The van der Waals surface area contributed by atoms with Gasteiger partial charge in [-0.2, -0.15) is 0 Å². The molecule has 3 heterocycles. The first-order valence-corrected chi connectivity index (χ1v) is 7.71. The van der Waals surface area contributed by atoms with Gasteiger partial charge in [0.05, 0.1) is 16.2 Å². The summed E-state index contributed by atoms with van der Waals surface area (Å²) in [5.74, 6) is 0.776. The molecular formula is C14H17BrN6. The third-order valence-corrected chi connectivity index (χ3v) is 3.83. The molecule has 0 saturated carbocycles. The van der Waals surface area contributed by atoms with Crippen molar-refractivity contribution in [3.63, 3.8) is 0 Å². The van der Waals surface area contributed by atoms with Crippen LogP contribution < -0.4 is 15.5 Å². The average Bonchev–Trinajstić information content (AvgIpc) is 2.55. The third kappa shape index (κ3) is 3.68. The smallest absolute Gasteiger partial charge is 0.225 e. The van der Waals surface area contributed by atoms with Crippen molar-refractivity contribution in [1.82, 2.24) is 20.3 Å². The second-order valence-electron chi connectivity index (χ2n) is 4.88. The van der Waals surface area contributed by atoms with Crippen LogP contribution in [0.15, 0.2) is 41.4 Å². The number of aromatic nitrogens is 3. The van der Waals surface area contributed by atoms with Crippen molar-refractivity contribution in [3.8, 4) is 0 Å². The Labute approximate surface area is 132 Å². The Morgan fingerprint density at radius 2 is 2.19 bits per heavy atom. The van der Waals surface area contributed by atoms with E-state index in [1.165, 1.54) is 0 Å². The summed E-state index contributed by atoms with van der Waals surface area (Å²) >= 11 is 3.37. The van der Waals surface area contributed by atoms with Crippen LogP contribution in [0, 0.1) is 0 Å². The zero-order valence-electron chi connectivity index (χ0n) is 11.5. The molecule has 110 valence electrons. The second kappa shape index (κ2) is 6.82. The van der Waals surface area contributed by atoms with E-state index in [1.54, 1.807) is 18.6 Å². The molecule has 7 heteroatoms. The van der Waals surface area contributed by atoms with E-state index < -0.39 is 0 Å². The Morgan fingerprint density at radius 3 is 2.95 bits per heavy atom. The standard InChI is InChI=1S/C14H17BrN6/c15-11-6-19-14(20-7-11)21-5-4-17-9-13(21)10-18-12-2-1-3-16-8-12/h1-3,6-8,13,17-18H,4-5,9-10H2. The summed E-state index contributed by atoms with van der Waals surface area (Å²) in [7, 11) is 0. The van der Waals surface area contributed by atoms with Crippen LogP contribution in [0.25, 0.3) is 0 Å². The summed E-state index contributed by atoms with van der Waals surface area (Å²) in [6, 6.07) is 4.25. The molecule has 0 aliphatic carbocycles. The molecule has 21 heavy (non-hydrogen) atoms. The lowest BCUT2D eigenvalue weighted by Gasteiger charge is -2.36. The highest BCUT2D eigenvalue weighted by molar-refractivity contribution is 9.10. The molecule has 2 aromatic rings. The minimum Gasteiger partial charge on any atom is -0.382 e. The van der Waals surface area contributed by atoms with E-state index in [2.05, 4.69) is 46.4 Å². The molecule has 1 unspecified atom stereocenters. The Hall–Kier alpha value is -1.73. The van der Waals surface area contributed by atoms with Gasteiger partial charge in [0.1, 0.15) is 0 Å². The van der Waals surface area contributed by atoms with Crippen molar-refractivity contribution in [1.29, 1.82) is 0 Å². The van der Waals surface area contributed by atoms with E-state index in [0.717, 1.165) is 42.3 Å². The van der Waals surface area contributed by atoms with Gasteiger partial charge in [-0.1, -0.05) is 0 Å². The fraction of sp³-hybridized carbons (Fsp3) is 0.357. The molecule has 6 nitrogen and oxygen atoms in total. The summed E-state index contributed by atoms with van der Waals surface area (Å²) in [5, 5.41) is 6.84. The van der Waals surface area contributed by atoms with Gasteiger partial charge in [-0.3, -0.25) is 4.98 Å². The van der Waals surface area contributed by atoms with Crippen LogP contribution in [0.1, 0.15) is 0 Å². The first-order valence-electron chi connectivity index (χ1n) is 6.92. The van der Waals surface area contributed by atoms with Crippen LogP contribution in [0.5, 0.6) is 0 Å². The van der Waals surface area contributed by atoms with Gasteiger partial charge in [0.25, 0.3) is 0 Å². The summed E-state index contributed by atoms with van der Waals surface area (Å²) < 4.78 is 0.895. The van der Waals surface area contributed by atoms with Gasteiger partial charge in [-0.05, 0) is 28.1 Å². The molecule has 0 spiro atoms. The van der Waals surface area contributed by atoms with Gasteiger partial charge in [-0.25, -0.2) is 9.97 Å². The Kier molecular flexibility index (Phi) is 4.62. The van der Waals surface area contributed by atoms with Crippen molar-refractivity contribution in [3.05, 3.63) is 41.4 Å². The van der Waals surface area contributed by atoms with Crippen molar-refractivity contribution in [2.75, 3.05) is 36.4 Å². The maximum atomic E-state index is 4.41. The van der Waals surface area contributed by atoms with Crippen LogP contribution in [-0.2, 0) is 0 Å². The van der Waals surface area contributed by atoms with E-state index in [1.807, 2.05) is 18.3 Å². The van der Waals surface area contributed by atoms with Gasteiger partial charge < -0.3 is 15.5 Å². The SMILES string of the molecule is Brc1cnc(N2CCNCC2CNc2cccnc2)nc1. The lowest BCUT2D eigenvalue weighted by Crippen LogP contribution is -2.54. The predicted octanol–water partition coefficient (Wildman–Crippen LogP) is 1.52. The maximum absolute atomic E-state index is 4.41. The maximum Gasteiger partial charge on any atom is 0.225 e. The fourth-order valence-electron chi connectivity index (χ4n) is 2.36. The summed E-state index contributed by atoms with van der Waals surface area (Å²) in [5.41, 5.74) is 1.03. The third-order valence-electron chi connectivity index (χ3n) is 3.42. The second-order valence-corrected chi connectivity index (χ2v) is 5.79. The average molecular weight is 349 g/mol. The molecule has 1 aliphatic heterocycles. The van der Waals surface area contributed by atoms with Crippen LogP contribution >= 0.6 is 15.9 Å². The predicted molar refractivity (Wildman–Crippen MR) is 86.5 cm³/mol. The van der Waals surface area contributed by atoms with E-state index >= 15 is 0 Å². The minimum atomic E-state index is 0.306. The number of hydrogen-bond acceptors (Lipinski definition) is 6. The number of nitrogens with one attached hydrogen (secondary N) is 2. The van der Waals surface area contributed by atoms with Gasteiger partial charge in [0.15, 0.2) is 0 Å². The van der Waals surface area contributed by atoms with Crippen LogP contribution in [0.3, 0.4) is 0 Å². The van der Waals surface area contributed by atoms with E-state index in [0.29, 0.717) is 6.04 Å². The van der Waals surface area contributed by atoms with Crippen molar-refractivity contribution >= 4 is 27.6 Å². The number of hydrogen-bond donors (Lipinski definition) is 2. The lowest BCUT2D eigenvalue weighted by atomic mass is 10.2. The molecular weight excluding hydrogens is 332 g/mol. The molecule has 1 saturated heterocycles. The van der Waals surface area contributed by atoms with E-state index in [4.69, 9.17) is 0 Å². The first kappa shape index (κ1) is 14.2. The van der Waals surface area contributed by atoms with Crippen molar-refractivity contribution in [2.24, 2.45) is 0 Å². The van der Waals surface area contributed by atoms with E-state index in [-0.39, 0.29) is 0 Å². The molecule has 1 fully saturated rings. The summed E-state index contributed by atoms with van der Waals surface area (Å²) in [4.78, 5) is 15.2. The Bertz CT molecular complexity index is 561. The number of halogens is 1. The highest BCUT2D eigenvalue weighted by Gasteiger charge is 2.24. The molecule has 0 aromatic carbocycles. The molecule has 2 N–H and O–H groups in total. The van der Waals surface area contributed by atoms with Crippen molar-refractivity contribution in [2.45, 2.75) is 6.04 Å². The molecule has 0 bridgehead atoms. The quantitative estimate of drug-likeness (QED) is 0.873. The fourth-order valence-corrected chi connectivity index (χ4v) is 2.57. The molecule has 0 radical (unpaired) electrons. The van der Waals surface area contributed by atoms with Gasteiger partial charge >= 0.3 is 0 Å². The Morgan fingerprint density at radius 1 is 1.33 bits per heavy atom. The van der Waals surface area contributed by atoms with Crippen LogP contribution in [0.4, 0.5) is 11.6 Å². The monoisotopic (exact) mass is 348 g/mol. The zero-order valence-corrected chi connectivity index (χ0v) is 13.1. The highest BCUT2D eigenvalue weighted by atomic mass is 79.9.